The molecule has 0 saturated carbocycles. The lowest BCUT2D eigenvalue weighted by molar-refractivity contribution is 0.0943. The molecule has 3 aromatic rings. The summed E-state index contributed by atoms with van der Waals surface area (Å²) in [5.74, 6) is 2.00. The summed E-state index contributed by atoms with van der Waals surface area (Å²) in [5, 5.41) is 3.01. The highest BCUT2D eigenvalue weighted by Crippen LogP contribution is 2.30. The Kier molecular flexibility index (Phi) is 6.12. The fourth-order valence-corrected chi connectivity index (χ4v) is 3.44. The van der Waals surface area contributed by atoms with E-state index in [9.17, 15) is 4.79 Å². The first-order valence-corrected chi connectivity index (χ1v) is 9.28. The Hall–Kier alpha value is -3.41. The number of carbonyl (C=O) groups excluding carboxylic acids is 1. The highest BCUT2D eigenvalue weighted by molar-refractivity contribution is 6.00. The van der Waals surface area contributed by atoms with Crippen molar-refractivity contribution in [3.8, 4) is 28.4 Å². The first-order valence-electron chi connectivity index (χ1n) is 9.28. The van der Waals surface area contributed by atoms with E-state index in [2.05, 4.69) is 5.32 Å². The second-order valence-corrected chi connectivity index (χ2v) is 6.74. The zero-order valence-electron chi connectivity index (χ0n) is 17.4. The lowest BCUT2D eigenvalue weighted by Gasteiger charge is -2.13. The van der Waals surface area contributed by atoms with E-state index in [1.54, 1.807) is 27.4 Å². The molecule has 0 unspecified atom stereocenters. The molecule has 0 aliphatic rings. The van der Waals surface area contributed by atoms with Crippen LogP contribution < -0.4 is 19.5 Å². The number of methoxy groups -OCH3 is 3. The molecule has 29 heavy (non-hydrogen) atoms. The SMILES string of the molecule is COc1ccc(-c2c(C)cn(C)c2C(=O)NCc2ccc(OC)cc2OC)cc1. The summed E-state index contributed by atoms with van der Waals surface area (Å²) >= 11 is 0. The Bertz CT molecular complexity index is 1010. The monoisotopic (exact) mass is 394 g/mol. The molecule has 1 heterocycles. The Balaban J connectivity index is 1.86. The number of hydrogen-bond acceptors (Lipinski definition) is 4. The third-order valence-corrected chi connectivity index (χ3v) is 4.90. The number of benzene rings is 2. The van der Waals surface area contributed by atoms with Crippen molar-refractivity contribution < 1.29 is 19.0 Å². The summed E-state index contributed by atoms with van der Waals surface area (Å²) in [5.41, 5.74) is 4.40. The Morgan fingerprint density at radius 2 is 1.62 bits per heavy atom. The number of nitrogens with zero attached hydrogens (tertiary/aromatic N) is 1. The molecule has 0 aliphatic heterocycles. The van der Waals surface area contributed by atoms with Crippen molar-refractivity contribution in [1.82, 2.24) is 9.88 Å². The van der Waals surface area contributed by atoms with Crippen LogP contribution in [0.1, 0.15) is 21.6 Å². The van der Waals surface area contributed by atoms with Crippen molar-refractivity contribution in [3.05, 3.63) is 65.5 Å². The molecular weight excluding hydrogens is 368 g/mol. The Morgan fingerprint density at radius 3 is 2.24 bits per heavy atom. The van der Waals surface area contributed by atoms with Crippen LogP contribution in [0.25, 0.3) is 11.1 Å². The number of amides is 1. The minimum atomic E-state index is -0.149. The summed E-state index contributed by atoms with van der Waals surface area (Å²) < 4.78 is 17.7. The van der Waals surface area contributed by atoms with E-state index in [0.717, 1.165) is 28.0 Å². The summed E-state index contributed by atoms with van der Waals surface area (Å²) in [7, 11) is 6.72. The standard InChI is InChI=1S/C23H26N2O4/c1-15-14-25(2)22(21(15)16-6-9-18(27-3)10-7-16)23(26)24-13-17-8-11-19(28-4)12-20(17)29-5/h6-12,14H,13H2,1-5H3,(H,24,26). The molecule has 0 bridgehead atoms. The number of carbonyl (C=O) groups is 1. The van der Waals surface area contributed by atoms with Gasteiger partial charge in [0.05, 0.1) is 21.3 Å². The highest BCUT2D eigenvalue weighted by atomic mass is 16.5. The van der Waals surface area contributed by atoms with Crippen LogP contribution in [-0.2, 0) is 13.6 Å². The van der Waals surface area contributed by atoms with E-state index in [-0.39, 0.29) is 5.91 Å². The van der Waals surface area contributed by atoms with Gasteiger partial charge in [0.1, 0.15) is 22.9 Å². The van der Waals surface area contributed by atoms with Gasteiger partial charge in [-0.2, -0.15) is 0 Å². The topological polar surface area (TPSA) is 61.7 Å². The van der Waals surface area contributed by atoms with E-state index >= 15 is 0 Å². The summed E-state index contributed by atoms with van der Waals surface area (Å²) in [6.45, 7) is 2.35. The molecule has 1 amide bonds. The van der Waals surface area contributed by atoms with Crippen molar-refractivity contribution >= 4 is 5.91 Å². The van der Waals surface area contributed by atoms with Crippen molar-refractivity contribution in [2.45, 2.75) is 13.5 Å². The summed E-state index contributed by atoms with van der Waals surface area (Å²) in [4.78, 5) is 13.1. The number of nitrogens with one attached hydrogen (secondary N) is 1. The lowest BCUT2D eigenvalue weighted by atomic mass is 10.0. The van der Waals surface area contributed by atoms with Gasteiger partial charge in [-0.05, 0) is 42.3 Å². The molecule has 0 saturated heterocycles. The van der Waals surface area contributed by atoms with Crippen LogP contribution in [0, 0.1) is 6.92 Å². The fourth-order valence-electron chi connectivity index (χ4n) is 3.44. The highest BCUT2D eigenvalue weighted by Gasteiger charge is 2.20. The normalized spacial score (nSPS) is 10.5. The van der Waals surface area contributed by atoms with Gasteiger partial charge in [0.15, 0.2) is 0 Å². The van der Waals surface area contributed by atoms with Crippen LogP contribution in [0.15, 0.2) is 48.7 Å². The first-order chi connectivity index (χ1) is 14.0. The van der Waals surface area contributed by atoms with Gasteiger partial charge in [0.25, 0.3) is 5.91 Å². The van der Waals surface area contributed by atoms with Crippen LogP contribution in [0.3, 0.4) is 0 Å². The van der Waals surface area contributed by atoms with Gasteiger partial charge >= 0.3 is 0 Å². The van der Waals surface area contributed by atoms with E-state index in [4.69, 9.17) is 14.2 Å². The van der Waals surface area contributed by atoms with Gasteiger partial charge in [-0.25, -0.2) is 0 Å². The maximum Gasteiger partial charge on any atom is 0.268 e. The van der Waals surface area contributed by atoms with Gasteiger partial charge in [-0.1, -0.05) is 12.1 Å². The molecular formula is C23H26N2O4. The van der Waals surface area contributed by atoms with Crippen LogP contribution >= 0.6 is 0 Å². The maximum atomic E-state index is 13.1. The predicted octanol–water partition coefficient (Wildman–Crippen LogP) is 3.96. The Morgan fingerprint density at radius 1 is 0.966 bits per heavy atom. The lowest BCUT2D eigenvalue weighted by Crippen LogP contribution is -2.25. The van der Waals surface area contributed by atoms with Gasteiger partial charge in [0.2, 0.25) is 0 Å². The molecule has 0 fully saturated rings. The van der Waals surface area contributed by atoms with E-state index in [1.165, 1.54) is 0 Å². The van der Waals surface area contributed by atoms with Crippen LogP contribution in [-0.4, -0.2) is 31.8 Å². The Labute approximate surface area is 171 Å². The molecule has 6 nitrogen and oxygen atoms in total. The molecule has 0 radical (unpaired) electrons. The zero-order valence-corrected chi connectivity index (χ0v) is 17.4. The molecule has 1 aromatic heterocycles. The van der Waals surface area contributed by atoms with Crippen molar-refractivity contribution in [3.63, 3.8) is 0 Å². The summed E-state index contributed by atoms with van der Waals surface area (Å²) in [6.07, 6.45) is 1.96. The molecule has 3 rings (SSSR count). The van der Waals surface area contributed by atoms with E-state index in [1.807, 2.05) is 61.1 Å². The minimum Gasteiger partial charge on any atom is -0.497 e. The van der Waals surface area contributed by atoms with Gasteiger partial charge < -0.3 is 24.1 Å². The number of aryl methyl sites for hydroxylation is 2. The smallest absolute Gasteiger partial charge is 0.268 e. The van der Waals surface area contributed by atoms with Crippen LogP contribution in [0.5, 0.6) is 17.2 Å². The number of hydrogen-bond donors (Lipinski definition) is 1. The van der Waals surface area contributed by atoms with Gasteiger partial charge in [-0.15, -0.1) is 0 Å². The first kappa shape index (κ1) is 20.3. The van der Waals surface area contributed by atoms with Crippen LogP contribution in [0.4, 0.5) is 0 Å². The average Bonchev–Trinajstić information content (AvgIpc) is 3.05. The molecule has 0 atom stereocenters. The van der Waals surface area contributed by atoms with Gasteiger partial charge in [-0.3, -0.25) is 4.79 Å². The molecule has 6 heteroatoms. The second-order valence-electron chi connectivity index (χ2n) is 6.74. The molecule has 152 valence electrons. The second kappa shape index (κ2) is 8.73. The number of rotatable bonds is 7. The average molecular weight is 394 g/mol. The third kappa shape index (κ3) is 4.21. The van der Waals surface area contributed by atoms with Crippen molar-refractivity contribution in [2.24, 2.45) is 7.05 Å². The molecule has 2 aromatic carbocycles. The summed E-state index contributed by atoms with van der Waals surface area (Å²) in [6, 6.07) is 13.3. The van der Waals surface area contributed by atoms with Crippen molar-refractivity contribution in [1.29, 1.82) is 0 Å². The zero-order chi connectivity index (χ0) is 21.0. The quantitative estimate of drug-likeness (QED) is 0.659. The molecule has 0 spiro atoms. The maximum absolute atomic E-state index is 13.1. The molecule has 0 aliphatic carbocycles. The van der Waals surface area contributed by atoms with Crippen LogP contribution in [0.2, 0.25) is 0 Å². The van der Waals surface area contributed by atoms with E-state index < -0.39 is 0 Å². The number of ether oxygens (including phenoxy) is 3. The van der Waals surface area contributed by atoms with E-state index in [0.29, 0.717) is 23.7 Å². The fraction of sp³-hybridized carbons (Fsp3) is 0.261. The predicted molar refractivity (Wildman–Crippen MR) is 113 cm³/mol. The third-order valence-electron chi connectivity index (χ3n) is 4.90. The minimum absolute atomic E-state index is 0.149. The van der Waals surface area contributed by atoms with Gasteiger partial charge in [0, 0.05) is 37.0 Å². The largest absolute Gasteiger partial charge is 0.497 e. The molecule has 1 N–H and O–H groups in total. The van der Waals surface area contributed by atoms with Crippen molar-refractivity contribution in [2.75, 3.05) is 21.3 Å². The number of aromatic nitrogens is 1.